The van der Waals surface area contributed by atoms with Crippen LogP contribution in [-0.2, 0) is 0 Å². The van der Waals surface area contributed by atoms with E-state index in [9.17, 15) is 4.79 Å². The van der Waals surface area contributed by atoms with Gasteiger partial charge in [0.1, 0.15) is 0 Å². The summed E-state index contributed by atoms with van der Waals surface area (Å²) in [4.78, 5) is 27.9. The summed E-state index contributed by atoms with van der Waals surface area (Å²) >= 11 is 0. The zero-order chi connectivity index (χ0) is 30.2. The summed E-state index contributed by atoms with van der Waals surface area (Å²) in [6, 6.07) is 51.9. The molecule has 0 spiro atoms. The second-order valence-electron chi connectivity index (χ2n) is 10.9. The fourth-order valence-corrected chi connectivity index (χ4v) is 5.84. The second-order valence-corrected chi connectivity index (χ2v) is 10.9. The van der Waals surface area contributed by atoms with Gasteiger partial charge in [-0.25, -0.2) is 15.0 Å². The molecule has 0 amide bonds. The molecule has 0 aliphatic carbocycles. The summed E-state index contributed by atoms with van der Waals surface area (Å²) in [6.45, 7) is 0. The average molecular weight is 579 g/mol. The molecule has 6 aromatic carbocycles. The summed E-state index contributed by atoms with van der Waals surface area (Å²) in [7, 11) is 0. The molecule has 2 heterocycles. The van der Waals surface area contributed by atoms with Crippen LogP contribution in [0.5, 0.6) is 0 Å². The van der Waals surface area contributed by atoms with Gasteiger partial charge in [0, 0.05) is 44.3 Å². The molecule has 5 nitrogen and oxygen atoms in total. The van der Waals surface area contributed by atoms with Crippen molar-refractivity contribution in [3.63, 3.8) is 0 Å². The molecule has 0 atom stereocenters. The highest BCUT2D eigenvalue weighted by Crippen LogP contribution is 2.32. The second kappa shape index (κ2) is 11.1. The van der Waals surface area contributed by atoms with E-state index in [1.807, 2.05) is 109 Å². The van der Waals surface area contributed by atoms with Crippen molar-refractivity contribution in [1.82, 2.24) is 19.5 Å². The number of hydrogen-bond donors (Lipinski definition) is 0. The molecule has 0 saturated heterocycles. The molecule has 0 aliphatic rings. The normalized spacial score (nSPS) is 11.2. The maximum Gasteiger partial charge on any atom is 0.193 e. The van der Waals surface area contributed by atoms with Crippen molar-refractivity contribution in [2.24, 2.45) is 0 Å². The van der Waals surface area contributed by atoms with E-state index in [1.54, 1.807) is 0 Å². The molecule has 0 aliphatic heterocycles. The number of carbonyl (C=O) groups is 1. The number of benzene rings is 6. The van der Waals surface area contributed by atoms with Crippen LogP contribution in [-0.4, -0.2) is 25.3 Å². The first-order chi connectivity index (χ1) is 22.2. The van der Waals surface area contributed by atoms with Crippen LogP contribution in [0.25, 0.3) is 61.7 Å². The van der Waals surface area contributed by atoms with Gasteiger partial charge in [0.2, 0.25) is 0 Å². The van der Waals surface area contributed by atoms with Crippen LogP contribution in [0.1, 0.15) is 15.9 Å². The molecule has 0 fully saturated rings. The number of fused-ring (bicyclic) bond motifs is 3. The van der Waals surface area contributed by atoms with Crippen molar-refractivity contribution in [2.45, 2.75) is 0 Å². The van der Waals surface area contributed by atoms with Crippen LogP contribution >= 0.6 is 0 Å². The molecule has 0 radical (unpaired) electrons. The van der Waals surface area contributed by atoms with Crippen molar-refractivity contribution in [1.29, 1.82) is 0 Å². The Balaban J connectivity index is 1.11. The molecule has 5 heteroatoms. The lowest BCUT2D eigenvalue weighted by molar-refractivity contribution is 0.103. The van der Waals surface area contributed by atoms with E-state index in [0.29, 0.717) is 28.6 Å². The third-order valence-corrected chi connectivity index (χ3v) is 8.07. The summed E-state index contributed by atoms with van der Waals surface area (Å²) in [5, 5.41) is 2.41. The number of rotatable bonds is 6. The van der Waals surface area contributed by atoms with Gasteiger partial charge in [0.05, 0.1) is 11.0 Å². The monoisotopic (exact) mass is 578 g/mol. The number of hydrogen-bond acceptors (Lipinski definition) is 4. The Bertz CT molecular complexity index is 2200. The first-order valence-electron chi connectivity index (χ1n) is 14.8. The minimum Gasteiger partial charge on any atom is -0.309 e. The van der Waals surface area contributed by atoms with Crippen molar-refractivity contribution in [3.8, 4) is 39.9 Å². The number of para-hydroxylation sites is 2. The molecular formula is C40H26N4O. The summed E-state index contributed by atoms with van der Waals surface area (Å²) in [5.41, 5.74) is 7.15. The van der Waals surface area contributed by atoms with E-state index in [2.05, 4.69) is 53.1 Å². The Morgan fingerprint density at radius 1 is 0.400 bits per heavy atom. The van der Waals surface area contributed by atoms with Crippen LogP contribution in [0.3, 0.4) is 0 Å². The van der Waals surface area contributed by atoms with Gasteiger partial charge in [0.25, 0.3) is 0 Å². The fraction of sp³-hybridized carbons (Fsp3) is 0. The Hall–Kier alpha value is -6.20. The SMILES string of the molecule is O=C(c1ccc(-c2nc(-c3ccccc3)nc(-c3ccccc3)n2)cc1)c1ccc(-n2c3ccccc3c3ccccc32)cc1. The predicted molar refractivity (Wildman–Crippen MR) is 180 cm³/mol. The quantitative estimate of drug-likeness (QED) is 0.185. The van der Waals surface area contributed by atoms with E-state index < -0.39 is 0 Å². The molecule has 212 valence electrons. The topological polar surface area (TPSA) is 60.7 Å². The lowest BCUT2D eigenvalue weighted by Crippen LogP contribution is -2.03. The highest BCUT2D eigenvalue weighted by Gasteiger charge is 2.15. The van der Waals surface area contributed by atoms with Crippen LogP contribution in [0.2, 0.25) is 0 Å². The van der Waals surface area contributed by atoms with Gasteiger partial charge < -0.3 is 4.57 Å². The number of nitrogens with zero attached hydrogens (tertiary/aromatic N) is 4. The van der Waals surface area contributed by atoms with Crippen molar-refractivity contribution >= 4 is 27.6 Å². The number of ketones is 1. The lowest BCUT2D eigenvalue weighted by atomic mass is 10.0. The van der Waals surface area contributed by atoms with E-state index in [0.717, 1.165) is 33.4 Å². The Labute approximate surface area is 260 Å². The Morgan fingerprint density at radius 3 is 1.24 bits per heavy atom. The molecular weight excluding hydrogens is 552 g/mol. The van der Waals surface area contributed by atoms with Crippen molar-refractivity contribution in [2.75, 3.05) is 0 Å². The molecule has 0 unspecified atom stereocenters. The first-order valence-corrected chi connectivity index (χ1v) is 14.8. The largest absolute Gasteiger partial charge is 0.309 e. The lowest BCUT2D eigenvalue weighted by Gasteiger charge is -2.10. The minimum absolute atomic E-state index is 0.0408. The Morgan fingerprint density at radius 2 is 0.778 bits per heavy atom. The smallest absolute Gasteiger partial charge is 0.193 e. The van der Waals surface area contributed by atoms with Gasteiger partial charge in [0.15, 0.2) is 23.3 Å². The van der Waals surface area contributed by atoms with E-state index in [1.165, 1.54) is 10.8 Å². The zero-order valence-corrected chi connectivity index (χ0v) is 24.2. The van der Waals surface area contributed by atoms with E-state index in [4.69, 9.17) is 15.0 Å². The van der Waals surface area contributed by atoms with Gasteiger partial charge in [-0.3, -0.25) is 4.79 Å². The third-order valence-electron chi connectivity index (χ3n) is 8.07. The predicted octanol–water partition coefficient (Wildman–Crippen LogP) is 9.20. The van der Waals surface area contributed by atoms with Crippen molar-refractivity contribution < 1.29 is 4.79 Å². The van der Waals surface area contributed by atoms with Crippen molar-refractivity contribution in [3.05, 3.63) is 169 Å². The van der Waals surface area contributed by atoms with Crippen LogP contribution in [0.4, 0.5) is 0 Å². The van der Waals surface area contributed by atoms with E-state index >= 15 is 0 Å². The van der Waals surface area contributed by atoms with Crippen LogP contribution in [0.15, 0.2) is 158 Å². The molecule has 0 bridgehead atoms. The summed E-state index contributed by atoms with van der Waals surface area (Å²) in [6.07, 6.45) is 0. The van der Waals surface area contributed by atoms with Gasteiger partial charge in [-0.2, -0.15) is 0 Å². The number of aromatic nitrogens is 4. The Kier molecular flexibility index (Phi) is 6.54. The molecule has 45 heavy (non-hydrogen) atoms. The first kappa shape index (κ1) is 26.4. The van der Waals surface area contributed by atoms with Gasteiger partial charge in [-0.15, -0.1) is 0 Å². The van der Waals surface area contributed by atoms with Gasteiger partial charge in [-0.05, 0) is 36.4 Å². The maximum absolute atomic E-state index is 13.5. The van der Waals surface area contributed by atoms with E-state index in [-0.39, 0.29) is 5.78 Å². The minimum atomic E-state index is -0.0408. The van der Waals surface area contributed by atoms with Crippen LogP contribution < -0.4 is 0 Å². The molecule has 2 aromatic heterocycles. The fourth-order valence-electron chi connectivity index (χ4n) is 5.84. The molecule has 0 N–H and O–H groups in total. The molecule has 8 rings (SSSR count). The summed E-state index contributed by atoms with van der Waals surface area (Å²) < 4.78 is 2.25. The number of carbonyl (C=O) groups excluding carboxylic acids is 1. The standard InChI is InChI=1S/C40H26N4O/c45-37(28-23-25-32(26-24-28)44-35-17-9-7-15-33(35)34-16-8-10-18-36(34)44)27-19-21-31(22-20-27)40-42-38(29-11-3-1-4-12-29)41-39(43-40)30-13-5-2-6-14-30/h1-26H. The summed E-state index contributed by atoms with van der Waals surface area (Å²) in [5.74, 6) is 1.71. The van der Waals surface area contributed by atoms with Crippen LogP contribution in [0, 0.1) is 0 Å². The average Bonchev–Trinajstić information content (AvgIpc) is 3.46. The van der Waals surface area contributed by atoms with Gasteiger partial charge in [-0.1, -0.05) is 121 Å². The van der Waals surface area contributed by atoms with Gasteiger partial charge >= 0.3 is 0 Å². The third kappa shape index (κ3) is 4.86. The highest BCUT2D eigenvalue weighted by molar-refractivity contribution is 6.10. The molecule has 8 aromatic rings. The zero-order valence-electron chi connectivity index (χ0n) is 24.2. The highest BCUT2D eigenvalue weighted by atomic mass is 16.1. The maximum atomic E-state index is 13.5. The molecule has 0 saturated carbocycles.